The Morgan fingerprint density at radius 1 is 1.37 bits per heavy atom. The SMILES string of the molecule is CCOC(=O)N1CCC(NC(=NC)NCc2cn3c(C)cccc3n2)CC1. The van der Waals surface area contributed by atoms with Gasteiger partial charge in [0.15, 0.2) is 5.96 Å². The molecule has 0 spiro atoms. The Bertz CT molecular complexity index is 808. The summed E-state index contributed by atoms with van der Waals surface area (Å²) >= 11 is 0. The molecule has 1 aliphatic heterocycles. The van der Waals surface area contributed by atoms with Gasteiger partial charge in [0.1, 0.15) is 5.65 Å². The molecule has 146 valence electrons. The van der Waals surface area contributed by atoms with Gasteiger partial charge in [-0.15, -0.1) is 0 Å². The Hall–Kier alpha value is -2.77. The predicted octanol–water partition coefficient (Wildman–Crippen LogP) is 1.93. The second-order valence-corrected chi connectivity index (χ2v) is 6.66. The molecule has 27 heavy (non-hydrogen) atoms. The summed E-state index contributed by atoms with van der Waals surface area (Å²) in [7, 11) is 1.76. The number of nitrogens with one attached hydrogen (secondary N) is 2. The van der Waals surface area contributed by atoms with E-state index < -0.39 is 0 Å². The number of carbonyl (C=O) groups excluding carboxylic acids is 1. The molecule has 0 bridgehead atoms. The number of amides is 1. The Morgan fingerprint density at radius 3 is 2.81 bits per heavy atom. The van der Waals surface area contributed by atoms with Gasteiger partial charge in [0.05, 0.1) is 18.8 Å². The number of carbonyl (C=O) groups is 1. The third-order valence-electron chi connectivity index (χ3n) is 4.77. The van der Waals surface area contributed by atoms with Crippen LogP contribution in [0.25, 0.3) is 5.65 Å². The van der Waals surface area contributed by atoms with Gasteiger partial charge in [0.25, 0.3) is 0 Å². The fourth-order valence-corrected chi connectivity index (χ4v) is 3.27. The fraction of sp³-hybridized carbons (Fsp3) is 0.526. The van der Waals surface area contributed by atoms with Gasteiger partial charge < -0.3 is 24.7 Å². The first-order chi connectivity index (χ1) is 13.1. The Morgan fingerprint density at radius 2 is 2.15 bits per heavy atom. The van der Waals surface area contributed by atoms with E-state index in [9.17, 15) is 4.79 Å². The van der Waals surface area contributed by atoms with Crippen LogP contribution in [0.4, 0.5) is 4.79 Å². The van der Waals surface area contributed by atoms with Gasteiger partial charge in [-0.1, -0.05) is 6.07 Å². The zero-order chi connectivity index (χ0) is 19.2. The van der Waals surface area contributed by atoms with E-state index in [1.54, 1.807) is 11.9 Å². The van der Waals surface area contributed by atoms with E-state index in [0.29, 0.717) is 26.2 Å². The lowest BCUT2D eigenvalue weighted by Crippen LogP contribution is -2.49. The molecule has 0 atom stereocenters. The van der Waals surface area contributed by atoms with Crippen molar-refractivity contribution in [1.29, 1.82) is 0 Å². The highest BCUT2D eigenvalue weighted by Gasteiger charge is 2.24. The van der Waals surface area contributed by atoms with Gasteiger partial charge >= 0.3 is 6.09 Å². The maximum Gasteiger partial charge on any atom is 0.409 e. The molecule has 2 aromatic heterocycles. The number of piperidine rings is 1. The average molecular weight is 372 g/mol. The standard InChI is InChI=1S/C19H28N6O2/c1-4-27-19(26)24-10-8-15(9-11-24)23-18(20-3)21-12-16-13-25-14(2)6-5-7-17(25)22-16/h5-7,13,15H,4,8-12H2,1-3H3,(H2,20,21,23). The number of aryl methyl sites for hydroxylation is 1. The van der Waals surface area contributed by atoms with Crippen LogP contribution in [0.2, 0.25) is 0 Å². The third-order valence-corrected chi connectivity index (χ3v) is 4.77. The fourth-order valence-electron chi connectivity index (χ4n) is 3.27. The number of aliphatic imine (C=N–C) groups is 1. The van der Waals surface area contributed by atoms with E-state index >= 15 is 0 Å². The first kappa shape index (κ1) is 19.0. The number of ether oxygens (including phenoxy) is 1. The molecule has 8 heteroatoms. The van der Waals surface area contributed by atoms with Crippen molar-refractivity contribution in [3.05, 3.63) is 35.8 Å². The molecule has 2 aromatic rings. The summed E-state index contributed by atoms with van der Waals surface area (Å²) in [5, 5.41) is 6.76. The number of aromatic nitrogens is 2. The first-order valence-corrected chi connectivity index (χ1v) is 9.43. The molecular weight excluding hydrogens is 344 g/mol. The maximum absolute atomic E-state index is 11.8. The maximum atomic E-state index is 11.8. The predicted molar refractivity (Wildman–Crippen MR) is 105 cm³/mol. The van der Waals surface area contributed by atoms with Crippen molar-refractivity contribution in [2.24, 2.45) is 4.99 Å². The highest BCUT2D eigenvalue weighted by Crippen LogP contribution is 2.12. The van der Waals surface area contributed by atoms with Crippen LogP contribution in [0.3, 0.4) is 0 Å². The number of pyridine rings is 1. The molecule has 0 saturated carbocycles. The highest BCUT2D eigenvalue weighted by molar-refractivity contribution is 5.80. The minimum atomic E-state index is -0.222. The summed E-state index contributed by atoms with van der Waals surface area (Å²) in [5.41, 5.74) is 3.06. The lowest BCUT2D eigenvalue weighted by atomic mass is 10.1. The summed E-state index contributed by atoms with van der Waals surface area (Å²) in [6.45, 7) is 6.29. The number of likely N-dealkylation sites (tertiary alicyclic amines) is 1. The van der Waals surface area contributed by atoms with Crippen molar-refractivity contribution in [2.45, 2.75) is 39.3 Å². The van der Waals surface area contributed by atoms with Gasteiger partial charge in [-0.05, 0) is 38.8 Å². The topological polar surface area (TPSA) is 83.3 Å². The molecule has 1 saturated heterocycles. The number of fused-ring (bicyclic) bond motifs is 1. The minimum absolute atomic E-state index is 0.222. The first-order valence-electron chi connectivity index (χ1n) is 9.43. The zero-order valence-corrected chi connectivity index (χ0v) is 16.2. The van der Waals surface area contributed by atoms with Gasteiger partial charge in [0, 0.05) is 38.1 Å². The summed E-state index contributed by atoms with van der Waals surface area (Å²) in [4.78, 5) is 22.5. The molecule has 0 radical (unpaired) electrons. The van der Waals surface area contributed by atoms with E-state index in [1.807, 2.05) is 25.3 Å². The molecule has 0 aliphatic carbocycles. The number of nitrogens with zero attached hydrogens (tertiary/aromatic N) is 4. The largest absolute Gasteiger partial charge is 0.450 e. The van der Waals surface area contributed by atoms with Crippen LogP contribution < -0.4 is 10.6 Å². The molecule has 0 unspecified atom stereocenters. The average Bonchev–Trinajstić information content (AvgIpc) is 3.10. The van der Waals surface area contributed by atoms with E-state index in [-0.39, 0.29) is 12.1 Å². The molecule has 1 fully saturated rings. The normalized spacial score (nSPS) is 15.8. The number of hydrogen-bond acceptors (Lipinski definition) is 4. The number of hydrogen-bond donors (Lipinski definition) is 2. The lowest BCUT2D eigenvalue weighted by Gasteiger charge is -2.32. The van der Waals surface area contributed by atoms with Crippen LogP contribution in [-0.2, 0) is 11.3 Å². The number of rotatable bonds is 4. The van der Waals surface area contributed by atoms with Crippen LogP contribution in [0, 0.1) is 6.92 Å². The molecule has 3 rings (SSSR count). The van der Waals surface area contributed by atoms with Crippen LogP contribution in [0.15, 0.2) is 29.4 Å². The van der Waals surface area contributed by atoms with E-state index in [2.05, 4.69) is 38.0 Å². The van der Waals surface area contributed by atoms with Crippen molar-refractivity contribution in [3.63, 3.8) is 0 Å². The van der Waals surface area contributed by atoms with Gasteiger partial charge in [-0.2, -0.15) is 0 Å². The summed E-state index contributed by atoms with van der Waals surface area (Å²) in [6, 6.07) is 6.36. The molecule has 3 heterocycles. The summed E-state index contributed by atoms with van der Waals surface area (Å²) in [5.74, 6) is 0.748. The van der Waals surface area contributed by atoms with Crippen molar-refractivity contribution in [2.75, 3.05) is 26.7 Å². The molecule has 0 aromatic carbocycles. The minimum Gasteiger partial charge on any atom is -0.450 e. The van der Waals surface area contributed by atoms with E-state index in [0.717, 1.165) is 35.8 Å². The number of imidazole rings is 1. The zero-order valence-electron chi connectivity index (χ0n) is 16.2. The van der Waals surface area contributed by atoms with Crippen LogP contribution in [0.5, 0.6) is 0 Å². The van der Waals surface area contributed by atoms with Gasteiger partial charge in [0.2, 0.25) is 0 Å². The van der Waals surface area contributed by atoms with E-state index in [4.69, 9.17) is 4.74 Å². The van der Waals surface area contributed by atoms with Gasteiger partial charge in [-0.3, -0.25) is 4.99 Å². The highest BCUT2D eigenvalue weighted by atomic mass is 16.6. The molecule has 1 amide bonds. The Balaban J connectivity index is 1.50. The van der Waals surface area contributed by atoms with Crippen LogP contribution in [0.1, 0.15) is 31.2 Å². The molecular formula is C19H28N6O2. The second-order valence-electron chi connectivity index (χ2n) is 6.66. The van der Waals surface area contributed by atoms with Crippen molar-refractivity contribution >= 4 is 17.7 Å². The Kier molecular flexibility index (Phi) is 6.16. The molecule has 1 aliphatic rings. The van der Waals surface area contributed by atoms with Crippen LogP contribution >= 0.6 is 0 Å². The van der Waals surface area contributed by atoms with Crippen LogP contribution in [-0.4, -0.2) is 59.1 Å². The number of guanidine groups is 1. The molecule has 8 nitrogen and oxygen atoms in total. The smallest absolute Gasteiger partial charge is 0.409 e. The third kappa shape index (κ3) is 4.69. The monoisotopic (exact) mass is 372 g/mol. The van der Waals surface area contributed by atoms with Gasteiger partial charge in [-0.25, -0.2) is 9.78 Å². The van der Waals surface area contributed by atoms with Crippen molar-refractivity contribution < 1.29 is 9.53 Å². The lowest BCUT2D eigenvalue weighted by molar-refractivity contribution is 0.0963. The molecule has 2 N–H and O–H groups in total. The quantitative estimate of drug-likeness (QED) is 0.633. The Labute approximate surface area is 159 Å². The van der Waals surface area contributed by atoms with Crippen molar-refractivity contribution in [3.8, 4) is 0 Å². The summed E-state index contributed by atoms with van der Waals surface area (Å²) in [6.07, 6.45) is 3.56. The second kappa shape index (κ2) is 8.75. The summed E-state index contributed by atoms with van der Waals surface area (Å²) < 4.78 is 7.14. The van der Waals surface area contributed by atoms with Crippen molar-refractivity contribution in [1.82, 2.24) is 24.9 Å². The van der Waals surface area contributed by atoms with E-state index in [1.165, 1.54) is 0 Å².